The summed E-state index contributed by atoms with van der Waals surface area (Å²) in [7, 11) is 0. The van der Waals surface area contributed by atoms with Crippen molar-refractivity contribution in [1.82, 2.24) is 5.32 Å². The lowest BCUT2D eigenvalue weighted by atomic mass is 9.81. The van der Waals surface area contributed by atoms with Crippen molar-refractivity contribution in [3.8, 4) is 0 Å². The molecule has 1 aromatic rings. The van der Waals surface area contributed by atoms with Gasteiger partial charge in [-0.25, -0.2) is 0 Å². The van der Waals surface area contributed by atoms with Gasteiger partial charge in [-0.2, -0.15) is 0 Å². The normalized spacial score (nSPS) is 31.1. The first kappa shape index (κ1) is 15.3. The summed E-state index contributed by atoms with van der Waals surface area (Å²) in [5, 5.41) is 14.3. The topological polar surface area (TPSA) is 32.3 Å². The maximum Gasteiger partial charge on any atom is 0.0474 e. The third kappa shape index (κ3) is 2.99. The highest BCUT2D eigenvalue weighted by Crippen LogP contribution is 2.46. The standard InChI is InChI=1S/C18H26ClNO/c1-18(2)10-12-7-8-14(19)9-15(12)17(18)20-16-6-4-3-5-13(16)11-21/h7-9,13,16-17,20-21H,3-6,10-11H2,1-2H3. The molecule has 0 amide bonds. The molecule has 3 atom stereocenters. The predicted molar refractivity (Wildman–Crippen MR) is 87.6 cm³/mol. The minimum Gasteiger partial charge on any atom is -0.396 e. The SMILES string of the molecule is CC1(C)Cc2ccc(Cl)cc2C1NC1CCCCC1CO. The second kappa shape index (κ2) is 5.91. The Labute approximate surface area is 132 Å². The van der Waals surface area contributed by atoms with Crippen LogP contribution in [0.25, 0.3) is 0 Å². The van der Waals surface area contributed by atoms with Crippen molar-refractivity contribution >= 4 is 11.6 Å². The molecule has 3 unspecified atom stereocenters. The van der Waals surface area contributed by atoms with E-state index in [1.165, 1.54) is 30.4 Å². The molecule has 2 aliphatic rings. The number of benzene rings is 1. The molecule has 21 heavy (non-hydrogen) atoms. The molecule has 116 valence electrons. The van der Waals surface area contributed by atoms with Crippen LogP contribution in [0.15, 0.2) is 18.2 Å². The summed E-state index contributed by atoms with van der Waals surface area (Å²) < 4.78 is 0. The summed E-state index contributed by atoms with van der Waals surface area (Å²) in [6, 6.07) is 7.06. The maximum absolute atomic E-state index is 9.64. The van der Waals surface area contributed by atoms with E-state index >= 15 is 0 Å². The molecule has 2 nitrogen and oxygen atoms in total. The first-order valence-electron chi connectivity index (χ1n) is 8.16. The Morgan fingerprint density at radius 3 is 2.81 bits per heavy atom. The quantitative estimate of drug-likeness (QED) is 0.881. The van der Waals surface area contributed by atoms with Gasteiger partial charge in [0.1, 0.15) is 0 Å². The molecule has 1 saturated carbocycles. The average molecular weight is 308 g/mol. The summed E-state index contributed by atoms with van der Waals surface area (Å²) in [5.74, 6) is 0.401. The van der Waals surface area contributed by atoms with Crippen molar-refractivity contribution in [3.05, 3.63) is 34.3 Å². The molecule has 0 radical (unpaired) electrons. The number of aliphatic hydroxyl groups is 1. The summed E-state index contributed by atoms with van der Waals surface area (Å²) >= 11 is 6.21. The lowest BCUT2D eigenvalue weighted by Crippen LogP contribution is -2.45. The van der Waals surface area contributed by atoms with E-state index in [4.69, 9.17) is 11.6 Å². The van der Waals surface area contributed by atoms with Crippen LogP contribution < -0.4 is 5.32 Å². The Balaban J connectivity index is 1.85. The van der Waals surface area contributed by atoms with E-state index in [2.05, 4.69) is 31.3 Å². The van der Waals surface area contributed by atoms with Gasteiger partial charge in [-0.1, -0.05) is 44.4 Å². The first-order valence-corrected chi connectivity index (χ1v) is 8.54. The molecule has 1 aromatic carbocycles. The lowest BCUT2D eigenvalue weighted by Gasteiger charge is -2.38. The van der Waals surface area contributed by atoms with Gasteiger partial charge in [-0.05, 0) is 53.9 Å². The summed E-state index contributed by atoms with van der Waals surface area (Å²) in [6.07, 6.45) is 5.93. The van der Waals surface area contributed by atoms with Crippen molar-refractivity contribution in [1.29, 1.82) is 0 Å². The van der Waals surface area contributed by atoms with Crippen LogP contribution in [-0.2, 0) is 6.42 Å². The first-order chi connectivity index (χ1) is 10.0. The highest BCUT2D eigenvalue weighted by atomic mass is 35.5. The van der Waals surface area contributed by atoms with Gasteiger partial charge in [-0.3, -0.25) is 0 Å². The zero-order valence-corrected chi connectivity index (χ0v) is 13.8. The Morgan fingerprint density at radius 1 is 1.29 bits per heavy atom. The number of fused-ring (bicyclic) bond motifs is 1. The number of aliphatic hydroxyl groups excluding tert-OH is 1. The number of hydrogen-bond donors (Lipinski definition) is 2. The Hall–Kier alpha value is -0.570. The molecule has 0 aliphatic heterocycles. The van der Waals surface area contributed by atoms with Crippen LogP contribution in [-0.4, -0.2) is 17.8 Å². The molecule has 3 heteroatoms. The molecule has 2 aliphatic carbocycles. The van der Waals surface area contributed by atoms with Crippen molar-refractivity contribution in [3.63, 3.8) is 0 Å². The van der Waals surface area contributed by atoms with Crippen LogP contribution in [0.1, 0.15) is 56.7 Å². The Kier molecular flexibility index (Phi) is 4.31. The maximum atomic E-state index is 9.64. The van der Waals surface area contributed by atoms with Crippen LogP contribution >= 0.6 is 11.6 Å². The number of halogens is 1. The fourth-order valence-corrected chi connectivity index (χ4v) is 4.36. The van der Waals surface area contributed by atoms with Gasteiger partial charge in [0.25, 0.3) is 0 Å². The van der Waals surface area contributed by atoms with E-state index < -0.39 is 0 Å². The Morgan fingerprint density at radius 2 is 2.05 bits per heavy atom. The second-order valence-corrected chi connectivity index (χ2v) is 7.88. The van der Waals surface area contributed by atoms with E-state index in [-0.39, 0.29) is 5.41 Å². The van der Waals surface area contributed by atoms with E-state index in [0.717, 1.165) is 17.9 Å². The zero-order valence-electron chi connectivity index (χ0n) is 13.0. The smallest absolute Gasteiger partial charge is 0.0474 e. The average Bonchev–Trinajstić information content (AvgIpc) is 2.70. The van der Waals surface area contributed by atoms with Gasteiger partial charge in [0.15, 0.2) is 0 Å². The Bertz CT molecular complexity index is 514. The van der Waals surface area contributed by atoms with Crippen molar-refractivity contribution in [2.75, 3.05) is 6.61 Å². The minimum absolute atomic E-state index is 0.199. The predicted octanol–water partition coefficient (Wildman–Crippen LogP) is 4.10. The number of nitrogens with one attached hydrogen (secondary N) is 1. The molecular formula is C18H26ClNO. The third-order valence-electron chi connectivity index (χ3n) is 5.37. The molecule has 0 heterocycles. The van der Waals surface area contributed by atoms with Crippen molar-refractivity contribution < 1.29 is 5.11 Å². The molecule has 0 spiro atoms. The highest BCUT2D eigenvalue weighted by Gasteiger charge is 2.41. The van der Waals surface area contributed by atoms with Crippen LogP contribution in [0.2, 0.25) is 5.02 Å². The lowest BCUT2D eigenvalue weighted by molar-refractivity contribution is 0.128. The number of rotatable bonds is 3. The number of hydrogen-bond acceptors (Lipinski definition) is 2. The molecule has 1 fully saturated rings. The van der Waals surface area contributed by atoms with Gasteiger partial charge in [-0.15, -0.1) is 0 Å². The molecule has 0 bridgehead atoms. The summed E-state index contributed by atoms with van der Waals surface area (Å²) in [5.41, 5.74) is 2.97. The van der Waals surface area contributed by atoms with E-state index in [9.17, 15) is 5.11 Å². The zero-order chi connectivity index (χ0) is 15.0. The molecular weight excluding hydrogens is 282 g/mol. The fourth-order valence-electron chi connectivity index (χ4n) is 4.18. The summed E-state index contributed by atoms with van der Waals surface area (Å²) in [4.78, 5) is 0. The van der Waals surface area contributed by atoms with Gasteiger partial charge in [0, 0.05) is 23.7 Å². The monoisotopic (exact) mass is 307 g/mol. The molecule has 2 N–H and O–H groups in total. The molecule has 0 aromatic heterocycles. The summed E-state index contributed by atoms with van der Waals surface area (Å²) in [6.45, 7) is 4.96. The van der Waals surface area contributed by atoms with Crippen LogP contribution in [0.3, 0.4) is 0 Å². The fraction of sp³-hybridized carbons (Fsp3) is 0.667. The van der Waals surface area contributed by atoms with E-state index in [1.54, 1.807) is 0 Å². The van der Waals surface area contributed by atoms with Crippen LogP contribution in [0.4, 0.5) is 0 Å². The van der Waals surface area contributed by atoms with Gasteiger partial charge in [0.05, 0.1) is 0 Å². The van der Waals surface area contributed by atoms with Crippen LogP contribution in [0, 0.1) is 11.3 Å². The van der Waals surface area contributed by atoms with E-state index in [0.29, 0.717) is 24.6 Å². The van der Waals surface area contributed by atoms with Gasteiger partial charge in [0.2, 0.25) is 0 Å². The second-order valence-electron chi connectivity index (χ2n) is 7.44. The minimum atomic E-state index is 0.199. The largest absolute Gasteiger partial charge is 0.396 e. The third-order valence-corrected chi connectivity index (χ3v) is 5.61. The van der Waals surface area contributed by atoms with Gasteiger partial charge < -0.3 is 10.4 Å². The van der Waals surface area contributed by atoms with Gasteiger partial charge >= 0.3 is 0 Å². The molecule has 3 rings (SSSR count). The molecule has 0 saturated heterocycles. The van der Waals surface area contributed by atoms with E-state index in [1.807, 2.05) is 6.07 Å². The van der Waals surface area contributed by atoms with Crippen LogP contribution in [0.5, 0.6) is 0 Å². The highest BCUT2D eigenvalue weighted by molar-refractivity contribution is 6.30. The van der Waals surface area contributed by atoms with Crippen molar-refractivity contribution in [2.24, 2.45) is 11.3 Å². The van der Waals surface area contributed by atoms with Crippen molar-refractivity contribution in [2.45, 2.75) is 58.0 Å².